The molecule has 2 aliphatic heterocycles. The minimum atomic E-state index is -1.20. The number of aromatic amines is 1. The standard InChI is InChI=1S/C30H23BrN6O3/c31-20-9-11-21-23(13-20)32-14-24(34-21)16-4-6-17(7-5-16)25-15-33-28(35-25)26-12-19-3-1-2-18-8-10-22(36-30(39)40)29(38)37(26)27(18)19/h1-7,9,11,13-15,22,26,36H,8,10,12H2,(H,33,35)(H,39,40)/t22-,26-/m0/s1. The van der Waals surface area contributed by atoms with E-state index in [-0.39, 0.29) is 11.9 Å². The van der Waals surface area contributed by atoms with Crippen LogP contribution in [0.5, 0.6) is 0 Å². The molecule has 9 nitrogen and oxygen atoms in total. The van der Waals surface area contributed by atoms with Gasteiger partial charge < -0.3 is 15.4 Å². The van der Waals surface area contributed by atoms with Crippen LogP contribution in [0.2, 0.25) is 0 Å². The van der Waals surface area contributed by atoms with Crippen LogP contribution in [0.25, 0.3) is 33.5 Å². The molecule has 2 aromatic heterocycles. The van der Waals surface area contributed by atoms with E-state index in [1.807, 2.05) is 60.7 Å². The van der Waals surface area contributed by atoms with Crippen molar-refractivity contribution in [3.63, 3.8) is 0 Å². The highest BCUT2D eigenvalue weighted by molar-refractivity contribution is 9.10. The van der Waals surface area contributed by atoms with Crippen molar-refractivity contribution in [2.24, 2.45) is 0 Å². The van der Waals surface area contributed by atoms with E-state index < -0.39 is 12.1 Å². The Morgan fingerprint density at radius 2 is 1.80 bits per heavy atom. The number of amides is 2. The topological polar surface area (TPSA) is 124 Å². The number of H-pyrrole nitrogens is 1. The monoisotopic (exact) mass is 594 g/mol. The molecule has 3 aromatic carbocycles. The lowest BCUT2D eigenvalue weighted by molar-refractivity contribution is -0.120. The van der Waals surface area contributed by atoms with Gasteiger partial charge in [0.1, 0.15) is 11.9 Å². The van der Waals surface area contributed by atoms with E-state index in [1.54, 1.807) is 17.3 Å². The smallest absolute Gasteiger partial charge is 0.405 e. The van der Waals surface area contributed by atoms with Crippen molar-refractivity contribution in [1.29, 1.82) is 0 Å². The van der Waals surface area contributed by atoms with Crippen LogP contribution < -0.4 is 10.2 Å². The number of nitrogens with zero attached hydrogens (tertiary/aromatic N) is 4. The Balaban J connectivity index is 1.18. The lowest BCUT2D eigenvalue weighted by Crippen LogP contribution is -2.48. The summed E-state index contributed by atoms with van der Waals surface area (Å²) >= 11 is 3.47. The summed E-state index contributed by atoms with van der Waals surface area (Å²) in [5.74, 6) is 0.416. The van der Waals surface area contributed by atoms with Gasteiger partial charge in [0.25, 0.3) is 0 Å². The minimum absolute atomic E-state index is 0.248. The maximum atomic E-state index is 13.6. The normalized spacial score (nSPS) is 18.0. The van der Waals surface area contributed by atoms with E-state index in [2.05, 4.69) is 36.2 Å². The molecule has 2 atom stereocenters. The van der Waals surface area contributed by atoms with Gasteiger partial charge in [-0.05, 0) is 47.7 Å². The fourth-order valence-corrected chi connectivity index (χ4v) is 6.08. The average molecular weight is 595 g/mol. The number of hydrogen-bond acceptors (Lipinski definition) is 5. The SMILES string of the molecule is O=C(O)N[C@H]1CCc2cccc3c2N(C1=O)[C@H](c1ncc(-c2ccc(-c4cnc5cc(Br)ccc5n4)cc2)[nH]1)C3. The molecule has 0 spiro atoms. The van der Waals surface area contributed by atoms with Crippen molar-refractivity contribution >= 4 is 44.7 Å². The summed E-state index contributed by atoms with van der Waals surface area (Å²) in [4.78, 5) is 44.1. The summed E-state index contributed by atoms with van der Waals surface area (Å²) in [5.41, 5.74) is 8.17. The number of carboxylic acid groups (broad SMARTS) is 1. The predicted octanol–water partition coefficient (Wildman–Crippen LogP) is 5.66. The molecule has 3 N–H and O–H groups in total. The summed E-state index contributed by atoms with van der Waals surface area (Å²) in [6.07, 6.45) is 3.99. The summed E-state index contributed by atoms with van der Waals surface area (Å²) in [7, 11) is 0. The van der Waals surface area contributed by atoms with E-state index in [0.29, 0.717) is 25.1 Å². The first-order valence-electron chi connectivity index (χ1n) is 13.0. The van der Waals surface area contributed by atoms with Crippen LogP contribution in [0.4, 0.5) is 10.5 Å². The van der Waals surface area contributed by atoms with Crippen LogP contribution in [0.15, 0.2) is 77.5 Å². The Morgan fingerprint density at radius 1 is 1.00 bits per heavy atom. The van der Waals surface area contributed by atoms with Crippen LogP contribution in [-0.2, 0) is 17.6 Å². The van der Waals surface area contributed by atoms with Gasteiger partial charge in [-0.3, -0.25) is 14.7 Å². The summed E-state index contributed by atoms with van der Waals surface area (Å²) in [6.45, 7) is 0. The lowest BCUT2D eigenvalue weighted by atomic mass is 10.0. The Labute approximate surface area is 237 Å². The lowest BCUT2D eigenvalue weighted by Gasteiger charge is -2.27. The molecule has 0 unspecified atom stereocenters. The molecule has 0 radical (unpaired) electrons. The molecule has 40 heavy (non-hydrogen) atoms. The summed E-state index contributed by atoms with van der Waals surface area (Å²) in [6, 6.07) is 18.7. The third-order valence-electron chi connectivity index (χ3n) is 7.61. The van der Waals surface area contributed by atoms with Gasteiger partial charge in [0, 0.05) is 16.5 Å². The fraction of sp³-hybridized carbons (Fsp3) is 0.167. The molecule has 2 amide bonds. The fourth-order valence-electron chi connectivity index (χ4n) is 5.73. The van der Waals surface area contributed by atoms with Gasteiger partial charge in [-0.15, -0.1) is 0 Å². The van der Waals surface area contributed by atoms with Crippen molar-refractivity contribution in [3.05, 3.63) is 94.5 Å². The second kappa shape index (κ2) is 9.56. The van der Waals surface area contributed by atoms with Crippen molar-refractivity contribution in [3.8, 4) is 22.5 Å². The molecule has 198 valence electrons. The quantitative estimate of drug-likeness (QED) is 0.246. The predicted molar refractivity (Wildman–Crippen MR) is 154 cm³/mol. The number of para-hydroxylation sites is 1. The molecule has 0 fully saturated rings. The van der Waals surface area contributed by atoms with Crippen LogP contribution >= 0.6 is 15.9 Å². The maximum Gasteiger partial charge on any atom is 0.405 e. The molecule has 7 rings (SSSR count). The average Bonchev–Trinajstić information content (AvgIpc) is 3.57. The van der Waals surface area contributed by atoms with Crippen molar-refractivity contribution in [1.82, 2.24) is 25.3 Å². The van der Waals surface area contributed by atoms with Crippen molar-refractivity contribution in [2.45, 2.75) is 31.3 Å². The zero-order chi connectivity index (χ0) is 27.4. The Hall–Kier alpha value is -4.57. The van der Waals surface area contributed by atoms with Crippen molar-refractivity contribution < 1.29 is 14.7 Å². The number of fused-ring (bicyclic) bond motifs is 1. The first-order chi connectivity index (χ1) is 19.4. The summed E-state index contributed by atoms with van der Waals surface area (Å²) in [5, 5.41) is 11.7. The maximum absolute atomic E-state index is 13.6. The first kappa shape index (κ1) is 24.5. The highest BCUT2D eigenvalue weighted by atomic mass is 79.9. The Morgan fingerprint density at radius 3 is 2.62 bits per heavy atom. The molecule has 2 aliphatic rings. The van der Waals surface area contributed by atoms with E-state index >= 15 is 0 Å². The number of aromatic nitrogens is 4. The Bertz CT molecular complexity index is 1800. The second-order valence-electron chi connectivity index (χ2n) is 10.0. The zero-order valence-corrected chi connectivity index (χ0v) is 22.7. The van der Waals surface area contributed by atoms with Crippen LogP contribution in [0, 0.1) is 0 Å². The minimum Gasteiger partial charge on any atom is -0.465 e. The Kier molecular flexibility index (Phi) is 5.85. The van der Waals surface area contributed by atoms with Crippen LogP contribution in [-0.4, -0.2) is 43.1 Å². The molecule has 0 bridgehead atoms. The number of imidazole rings is 1. The number of hydrogen-bond donors (Lipinski definition) is 3. The molecule has 0 saturated heterocycles. The van der Waals surface area contributed by atoms with Gasteiger partial charge in [-0.2, -0.15) is 0 Å². The molecule has 4 heterocycles. The molecule has 10 heteroatoms. The van der Waals surface area contributed by atoms with Gasteiger partial charge in [-0.25, -0.2) is 14.8 Å². The molecular weight excluding hydrogens is 572 g/mol. The number of nitrogens with one attached hydrogen (secondary N) is 2. The largest absolute Gasteiger partial charge is 0.465 e. The third-order valence-corrected chi connectivity index (χ3v) is 8.10. The van der Waals surface area contributed by atoms with Gasteiger partial charge in [-0.1, -0.05) is 58.4 Å². The summed E-state index contributed by atoms with van der Waals surface area (Å²) < 4.78 is 0.962. The van der Waals surface area contributed by atoms with E-state index in [4.69, 9.17) is 4.98 Å². The number of halogens is 1. The van der Waals surface area contributed by atoms with Gasteiger partial charge in [0.15, 0.2) is 0 Å². The van der Waals surface area contributed by atoms with Gasteiger partial charge in [0.2, 0.25) is 5.91 Å². The highest BCUT2D eigenvalue weighted by Gasteiger charge is 2.42. The van der Waals surface area contributed by atoms with E-state index in [9.17, 15) is 14.7 Å². The second-order valence-corrected chi connectivity index (χ2v) is 11.0. The number of carbonyl (C=O) groups is 2. The zero-order valence-electron chi connectivity index (χ0n) is 21.1. The number of benzene rings is 3. The number of rotatable bonds is 4. The van der Waals surface area contributed by atoms with E-state index in [1.165, 1.54) is 0 Å². The van der Waals surface area contributed by atoms with Crippen LogP contribution in [0.3, 0.4) is 0 Å². The van der Waals surface area contributed by atoms with Gasteiger partial charge >= 0.3 is 6.09 Å². The van der Waals surface area contributed by atoms with E-state index in [0.717, 1.165) is 54.8 Å². The highest BCUT2D eigenvalue weighted by Crippen LogP contribution is 2.44. The van der Waals surface area contributed by atoms with Gasteiger partial charge in [0.05, 0.1) is 46.5 Å². The molecule has 0 aliphatic carbocycles. The molecule has 0 saturated carbocycles. The van der Waals surface area contributed by atoms with Crippen molar-refractivity contribution in [2.75, 3.05) is 4.90 Å². The first-order valence-corrected chi connectivity index (χ1v) is 13.8. The number of anilines is 1. The number of carbonyl (C=O) groups excluding carboxylic acids is 1. The molecular formula is C30H23BrN6O3. The van der Waals surface area contributed by atoms with Crippen LogP contribution in [0.1, 0.15) is 29.4 Å². The number of aryl methyl sites for hydroxylation is 1. The molecule has 5 aromatic rings. The third kappa shape index (κ3) is 4.21.